The maximum atomic E-state index is 11.2. The fourth-order valence-electron chi connectivity index (χ4n) is 3.01. The highest BCUT2D eigenvalue weighted by Gasteiger charge is 2.61. The van der Waals surface area contributed by atoms with E-state index in [9.17, 15) is 25.0 Å². The summed E-state index contributed by atoms with van der Waals surface area (Å²) in [6, 6.07) is 3.22. The van der Waals surface area contributed by atoms with Gasteiger partial charge in [0.1, 0.15) is 5.69 Å². The van der Waals surface area contributed by atoms with Crippen molar-refractivity contribution in [2.75, 3.05) is 5.43 Å². The number of non-ortho nitro benzene ring substituents is 1. The SMILES string of the molecule is CC(C[C@@H]1[C@H](C(=O)O)C1(C)C)=NNc1ccc([N+](=O)[O-])cc1[N+](=O)[O-]. The molecule has 0 aliphatic heterocycles. The van der Waals surface area contributed by atoms with Gasteiger partial charge < -0.3 is 5.11 Å². The van der Waals surface area contributed by atoms with Crippen LogP contribution in [0.3, 0.4) is 0 Å². The summed E-state index contributed by atoms with van der Waals surface area (Å²) in [6.07, 6.45) is 0.442. The van der Waals surface area contributed by atoms with Gasteiger partial charge in [0.25, 0.3) is 5.69 Å². The summed E-state index contributed by atoms with van der Waals surface area (Å²) < 4.78 is 0. The lowest BCUT2D eigenvalue weighted by atomic mass is 10.1. The number of carboxylic acids is 1. The molecule has 2 N–H and O–H groups in total. The monoisotopic (exact) mass is 350 g/mol. The number of rotatable bonds is 7. The molecule has 134 valence electrons. The van der Waals surface area contributed by atoms with Crippen molar-refractivity contribution in [1.82, 2.24) is 0 Å². The second-order valence-corrected chi connectivity index (χ2v) is 6.62. The summed E-state index contributed by atoms with van der Waals surface area (Å²) in [6.45, 7) is 5.44. The Labute approximate surface area is 142 Å². The Morgan fingerprint density at radius 3 is 2.44 bits per heavy atom. The molecule has 1 saturated carbocycles. The number of hydrazone groups is 1. The average molecular weight is 350 g/mol. The lowest BCUT2D eigenvalue weighted by Crippen LogP contribution is -2.05. The van der Waals surface area contributed by atoms with E-state index in [0.29, 0.717) is 12.1 Å². The van der Waals surface area contributed by atoms with Crippen LogP contribution in [0.5, 0.6) is 0 Å². The number of nitro groups is 2. The predicted octanol–water partition coefficient (Wildman–Crippen LogP) is 3.04. The Kier molecular flexibility index (Phi) is 4.73. The average Bonchev–Trinajstić information content (AvgIpc) is 3.05. The lowest BCUT2D eigenvalue weighted by Gasteiger charge is -2.05. The topological polar surface area (TPSA) is 148 Å². The largest absolute Gasteiger partial charge is 0.481 e. The third-order valence-corrected chi connectivity index (χ3v) is 4.59. The molecule has 25 heavy (non-hydrogen) atoms. The first kappa shape index (κ1) is 18.3. The number of hydrogen-bond donors (Lipinski definition) is 2. The third-order valence-electron chi connectivity index (χ3n) is 4.59. The Morgan fingerprint density at radius 1 is 1.32 bits per heavy atom. The van der Waals surface area contributed by atoms with Crippen molar-refractivity contribution in [2.24, 2.45) is 22.4 Å². The molecule has 2 atom stereocenters. The van der Waals surface area contributed by atoms with E-state index in [4.69, 9.17) is 5.11 Å². The summed E-state index contributed by atoms with van der Waals surface area (Å²) in [7, 11) is 0. The van der Waals surface area contributed by atoms with Crippen LogP contribution >= 0.6 is 0 Å². The van der Waals surface area contributed by atoms with Gasteiger partial charge in [0.05, 0.1) is 21.8 Å². The van der Waals surface area contributed by atoms with Gasteiger partial charge in [0.2, 0.25) is 0 Å². The number of anilines is 1. The van der Waals surface area contributed by atoms with Gasteiger partial charge in [-0.05, 0) is 30.7 Å². The number of nitrogens with zero attached hydrogens (tertiary/aromatic N) is 3. The van der Waals surface area contributed by atoms with E-state index in [-0.39, 0.29) is 22.7 Å². The van der Waals surface area contributed by atoms with Crippen molar-refractivity contribution in [1.29, 1.82) is 0 Å². The molecule has 1 aromatic rings. The molecule has 0 aromatic heterocycles. The molecule has 1 aliphatic carbocycles. The Morgan fingerprint density at radius 2 is 1.96 bits per heavy atom. The minimum absolute atomic E-state index is 0.0276. The zero-order chi connectivity index (χ0) is 18.9. The number of hydrogen-bond acceptors (Lipinski definition) is 7. The number of aliphatic carboxylic acids is 1. The summed E-state index contributed by atoms with van der Waals surface area (Å²) in [4.78, 5) is 31.5. The molecular formula is C15H18N4O6. The van der Waals surface area contributed by atoms with Gasteiger partial charge >= 0.3 is 11.7 Å². The molecule has 1 aromatic carbocycles. The first-order chi connectivity index (χ1) is 11.6. The molecule has 2 rings (SSSR count). The summed E-state index contributed by atoms with van der Waals surface area (Å²) in [5, 5.41) is 35.0. The van der Waals surface area contributed by atoms with Crippen molar-refractivity contribution in [2.45, 2.75) is 27.2 Å². The second kappa shape index (κ2) is 6.46. The molecule has 0 saturated heterocycles. The second-order valence-electron chi connectivity index (χ2n) is 6.62. The molecule has 0 unspecified atom stereocenters. The van der Waals surface area contributed by atoms with E-state index in [1.807, 2.05) is 13.8 Å². The highest BCUT2D eigenvalue weighted by Crippen LogP contribution is 2.60. The summed E-state index contributed by atoms with van der Waals surface area (Å²) in [5.41, 5.74) is 2.00. The van der Waals surface area contributed by atoms with Crippen LogP contribution in [-0.2, 0) is 4.79 Å². The Hall–Kier alpha value is -3.04. The quantitative estimate of drug-likeness (QED) is 0.436. The van der Waals surface area contributed by atoms with Gasteiger partial charge in [0.15, 0.2) is 0 Å². The van der Waals surface area contributed by atoms with E-state index < -0.39 is 27.4 Å². The van der Waals surface area contributed by atoms with Crippen molar-refractivity contribution in [3.05, 3.63) is 38.4 Å². The van der Waals surface area contributed by atoms with E-state index >= 15 is 0 Å². The zero-order valence-electron chi connectivity index (χ0n) is 13.9. The van der Waals surface area contributed by atoms with Crippen molar-refractivity contribution >= 4 is 28.7 Å². The van der Waals surface area contributed by atoms with Crippen LogP contribution in [0.4, 0.5) is 17.1 Å². The fourth-order valence-corrected chi connectivity index (χ4v) is 3.01. The fraction of sp³-hybridized carbons (Fsp3) is 0.467. The Bertz CT molecular complexity index is 773. The van der Waals surface area contributed by atoms with Crippen LogP contribution in [-0.4, -0.2) is 26.6 Å². The summed E-state index contributed by atoms with van der Waals surface area (Å²) >= 11 is 0. The van der Waals surface area contributed by atoms with Gasteiger partial charge in [-0.15, -0.1) is 0 Å². The number of benzene rings is 1. The minimum atomic E-state index is -0.846. The summed E-state index contributed by atoms with van der Waals surface area (Å²) in [5.74, 6) is -1.34. The standard InChI is InChI=1S/C15H18N4O6/c1-8(6-10-13(14(20)21)15(10,2)3)16-17-11-5-4-9(18(22)23)7-12(11)19(24)25/h4-5,7,10,13,17H,6H2,1-3H3,(H,20,21)/t10-,13-/m1/s1. The van der Waals surface area contributed by atoms with Gasteiger partial charge in [-0.25, -0.2) is 0 Å². The minimum Gasteiger partial charge on any atom is -0.481 e. The number of nitrogens with one attached hydrogen (secondary N) is 1. The third kappa shape index (κ3) is 3.73. The number of nitro benzene ring substituents is 2. The van der Waals surface area contributed by atoms with E-state index in [1.54, 1.807) is 6.92 Å². The first-order valence-electron chi connectivity index (χ1n) is 7.50. The van der Waals surface area contributed by atoms with Crippen molar-refractivity contribution in [3.8, 4) is 0 Å². The molecule has 0 radical (unpaired) electrons. The molecular weight excluding hydrogens is 332 g/mol. The number of carbonyl (C=O) groups is 1. The predicted molar refractivity (Wildman–Crippen MR) is 89.5 cm³/mol. The van der Waals surface area contributed by atoms with E-state index in [1.165, 1.54) is 6.07 Å². The van der Waals surface area contributed by atoms with E-state index in [0.717, 1.165) is 12.1 Å². The molecule has 0 heterocycles. The molecule has 10 nitrogen and oxygen atoms in total. The molecule has 1 fully saturated rings. The molecule has 0 spiro atoms. The van der Waals surface area contributed by atoms with Crippen LogP contribution in [0.2, 0.25) is 0 Å². The van der Waals surface area contributed by atoms with Gasteiger partial charge in [-0.1, -0.05) is 13.8 Å². The highest BCUT2D eigenvalue weighted by atomic mass is 16.6. The molecule has 10 heteroatoms. The zero-order valence-corrected chi connectivity index (χ0v) is 13.9. The van der Waals surface area contributed by atoms with Crippen molar-refractivity contribution < 1.29 is 19.7 Å². The number of carboxylic acid groups (broad SMARTS) is 1. The van der Waals surface area contributed by atoms with Gasteiger partial charge in [0, 0.05) is 11.8 Å². The van der Waals surface area contributed by atoms with Crippen LogP contribution in [0.1, 0.15) is 27.2 Å². The maximum absolute atomic E-state index is 11.2. The van der Waals surface area contributed by atoms with Gasteiger partial charge in [-0.2, -0.15) is 5.10 Å². The van der Waals surface area contributed by atoms with Crippen molar-refractivity contribution in [3.63, 3.8) is 0 Å². The normalized spacial score (nSPS) is 21.5. The first-order valence-corrected chi connectivity index (χ1v) is 7.50. The van der Waals surface area contributed by atoms with Crippen LogP contribution in [0, 0.1) is 37.5 Å². The smallest absolute Gasteiger partial charge is 0.307 e. The lowest BCUT2D eigenvalue weighted by molar-refractivity contribution is -0.393. The van der Waals surface area contributed by atoms with E-state index in [2.05, 4.69) is 10.5 Å². The molecule has 0 bridgehead atoms. The highest BCUT2D eigenvalue weighted by molar-refractivity contribution is 5.86. The molecule has 1 aliphatic rings. The van der Waals surface area contributed by atoms with Crippen LogP contribution < -0.4 is 5.43 Å². The maximum Gasteiger partial charge on any atom is 0.307 e. The van der Waals surface area contributed by atoms with Crippen LogP contribution in [0.15, 0.2) is 23.3 Å². The Balaban J connectivity index is 2.12. The van der Waals surface area contributed by atoms with Gasteiger partial charge in [-0.3, -0.25) is 30.4 Å². The van der Waals surface area contributed by atoms with Crippen LogP contribution in [0.25, 0.3) is 0 Å². The molecule has 0 amide bonds.